The van der Waals surface area contributed by atoms with E-state index in [-0.39, 0.29) is 17.1 Å². The Kier molecular flexibility index (Phi) is 7.64. The van der Waals surface area contributed by atoms with Crippen LogP contribution in [-0.4, -0.2) is 32.5 Å². The molecule has 9 heteroatoms. The minimum Gasteiger partial charge on any atom is -0.507 e. The average Bonchev–Trinajstić information content (AvgIpc) is 2.86. The fourth-order valence-corrected chi connectivity index (χ4v) is 4.33. The second-order valence-corrected chi connectivity index (χ2v) is 8.84. The number of phenolic OH excluding ortho intramolecular Hbond substituents is 1. The van der Waals surface area contributed by atoms with Crippen molar-refractivity contribution in [2.45, 2.75) is 11.6 Å². The number of halogens is 1. The maximum atomic E-state index is 13.2. The van der Waals surface area contributed by atoms with Gasteiger partial charge in [-0.1, -0.05) is 53.7 Å². The Morgan fingerprint density at radius 1 is 1.14 bits per heavy atom. The number of aromatic hydroxyl groups is 1. The molecule has 0 bridgehead atoms. The Morgan fingerprint density at radius 3 is 2.69 bits per heavy atom. The Bertz CT molecular complexity index is 1480. The van der Waals surface area contributed by atoms with Crippen molar-refractivity contribution in [3.8, 4) is 11.4 Å². The van der Waals surface area contributed by atoms with Gasteiger partial charge in [0.1, 0.15) is 5.75 Å². The summed E-state index contributed by atoms with van der Waals surface area (Å²) in [5.74, 6) is -0.330. The zero-order valence-electron chi connectivity index (χ0n) is 18.5. The van der Waals surface area contributed by atoms with Gasteiger partial charge in [0, 0.05) is 10.6 Å². The number of aromatic nitrogens is 2. The summed E-state index contributed by atoms with van der Waals surface area (Å²) in [7, 11) is 0. The van der Waals surface area contributed by atoms with Gasteiger partial charge >= 0.3 is 0 Å². The third kappa shape index (κ3) is 5.62. The van der Waals surface area contributed by atoms with Crippen LogP contribution in [0.15, 0.2) is 94.4 Å². The van der Waals surface area contributed by atoms with Crippen molar-refractivity contribution < 1.29 is 9.90 Å². The quantitative estimate of drug-likeness (QED) is 0.119. The van der Waals surface area contributed by atoms with Crippen LogP contribution in [0, 0.1) is 0 Å². The first-order chi connectivity index (χ1) is 17.0. The third-order valence-corrected chi connectivity index (χ3v) is 6.26. The zero-order valence-corrected chi connectivity index (χ0v) is 20.1. The van der Waals surface area contributed by atoms with Gasteiger partial charge in [0.2, 0.25) is 0 Å². The molecule has 0 unspecified atom stereocenters. The fraction of sp³-hybridized carbons (Fsp3) is 0.0769. The molecule has 176 valence electrons. The van der Waals surface area contributed by atoms with Gasteiger partial charge < -0.3 is 5.11 Å². The van der Waals surface area contributed by atoms with E-state index in [1.807, 2.05) is 0 Å². The molecule has 1 amide bonds. The van der Waals surface area contributed by atoms with Crippen LogP contribution in [0.25, 0.3) is 16.6 Å². The van der Waals surface area contributed by atoms with E-state index in [1.165, 1.54) is 10.8 Å². The van der Waals surface area contributed by atoms with Crippen molar-refractivity contribution in [1.29, 1.82) is 0 Å². The standard InChI is InChI=1S/C26H21ClN4O3S/c1-2-6-17-7-5-8-18(24(17)33)15-28-30-23(32)16-35-26-29-22-10-4-3-9-21(22)25(34)31(26)20-13-11-19(27)12-14-20/h2-5,7-15,33H,1,6,16H2,(H,30,32). The van der Waals surface area contributed by atoms with Crippen molar-refractivity contribution in [3.63, 3.8) is 0 Å². The molecule has 0 saturated heterocycles. The first-order valence-corrected chi connectivity index (χ1v) is 12.0. The van der Waals surface area contributed by atoms with Crippen LogP contribution in [0.4, 0.5) is 0 Å². The molecule has 0 atom stereocenters. The SMILES string of the molecule is C=CCc1cccc(C=NNC(=O)CSc2nc3ccccc3c(=O)n2-c2ccc(Cl)cc2)c1O. The number of hydrazone groups is 1. The van der Waals surface area contributed by atoms with Gasteiger partial charge in [-0.15, -0.1) is 6.58 Å². The predicted molar refractivity (Wildman–Crippen MR) is 141 cm³/mol. The van der Waals surface area contributed by atoms with Gasteiger partial charge in [0.05, 0.1) is 28.6 Å². The van der Waals surface area contributed by atoms with Gasteiger partial charge in [-0.05, 0) is 54.4 Å². The van der Waals surface area contributed by atoms with E-state index in [0.29, 0.717) is 44.3 Å². The van der Waals surface area contributed by atoms with Crippen molar-refractivity contribution in [3.05, 3.63) is 106 Å². The lowest BCUT2D eigenvalue weighted by molar-refractivity contribution is -0.118. The summed E-state index contributed by atoms with van der Waals surface area (Å²) in [4.78, 5) is 30.3. The van der Waals surface area contributed by atoms with Gasteiger partial charge in [-0.3, -0.25) is 14.2 Å². The summed E-state index contributed by atoms with van der Waals surface area (Å²) >= 11 is 7.12. The lowest BCUT2D eigenvalue weighted by atomic mass is 10.1. The fourth-order valence-electron chi connectivity index (χ4n) is 3.40. The number of hydrogen-bond acceptors (Lipinski definition) is 6. The molecule has 35 heavy (non-hydrogen) atoms. The molecule has 0 aliphatic rings. The Balaban J connectivity index is 1.53. The van der Waals surface area contributed by atoms with Gasteiger partial charge in [0.25, 0.3) is 11.5 Å². The first-order valence-electron chi connectivity index (χ1n) is 10.6. The van der Waals surface area contributed by atoms with Gasteiger partial charge in [-0.25, -0.2) is 10.4 Å². The Labute approximate surface area is 210 Å². The predicted octanol–water partition coefficient (Wildman–Crippen LogP) is 4.72. The summed E-state index contributed by atoms with van der Waals surface area (Å²) in [6.07, 6.45) is 3.59. The number of thioether (sulfide) groups is 1. The number of amides is 1. The van der Waals surface area contributed by atoms with Gasteiger partial charge in [-0.2, -0.15) is 5.10 Å². The third-order valence-electron chi connectivity index (χ3n) is 5.07. The molecule has 0 fully saturated rings. The minimum absolute atomic E-state index is 0.0296. The summed E-state index contributed by atoms with van der Waals surface area (Å²) in [5.41, 5.74) is 4.53. The van der Waals surface area contributed by atoms with E-state index in [4.69, 9.17) is 11.6 Å². The highest BCUT2D eigenvalue weighted by Crippen LogP contribution is 2.23. The average molecular weight is 505 g/mol. The Hall–Kier alpha value is -3.88. The molecule has 1 heterocycles. The number of benzene rings is 3. The number of phenols is 1. The molecular weight excluding hydrogens is 484 g/mol. The highest BCUT2D eigenvalue weighted by Gasteiger charge is 2.15. The van der Waals surface area contributed by atoms with Crippen LogP contribution < -0.4 is 11.0 Å². The molecule has 0 saturated carbocycles. The van der Waals surface area contributed by atoms with Crippen LogP contribution >= 0.6 is 23.4 Å². The monoisotopic (exact) mass is 504 g/mol. The zero-order chi connectivity index (χ0) is 24.8. The second kappa shape index (κ2) is 11.0. The number of carbonyl (C=O) groups is 1. The highest BCUT2D eigenvalue weighted by atomic mass is 35.5. The van der Waals surface area contributed by atoms with E-state index in [9.17, 15) is 14.7 Å². The Morgan fingerprint density at radius 2 is 1.91 bits per heavy atom. The largest absolute Gasteiger partial charge is 0.507 e. The lowest BCUT2D eigenvalue weighted by Crippen LogP contribution is -2.24. The number of carbonyl (C=O) groups excluding carboxylic acids is 1. The van der Waals surface area contributed by atoms with E-state index in [0.717, 1.165) is 11.8 Å². The van der Waals surface area contributed by atoms with Crippen LogP contribution in [0.2, 0.25) is 5.02 Å². The molecule has 1 aromatic heterocycles. The number of para-hydroxylation sites is 2. The topological polar surface area (TPSA) is 96.6 Å². The molecule has 0 aliphatic carbocycles. The van der Waals surface area contributed by atoms with Crippen LogP contribution in [-0.2, 0) is 11.2 Å². The molecule has 0 aliphatic heterocycles. The number of nitrogens with one attached hydrogen (secondary N) is 1. The molecule has 2 N–H and O–H groups in total. The highest BCUT2D eigenvalue weighted by molar-refractivity contribution is 7.99. The van der Waals surface area contributed by atoms with Crippen molar-refractivity contribution in [1.82, 2.24) is 15.0 Å². The number of rotatable bonds is 8. The van der Waals surface area contributed by atoms with E-state index in [2.05, 4.69) is 22.1 Å². The molecule has 0 spiro atoms. The van der Waals surface area contributed by atoms with Crippen molar-refractivity contribution in [2.24, 2.45) is 5.10 Å². The summed E-state index contributed by atoms with van der Waals surface area (Å²) in [6.45, 7) is 3.67. The van der Waals surface area contributed by atoms with Crippen LogP contribution in [0.5, 0.6) is 5.75 Å². The number of allylic oxidation sites excluding steroid dienone is 1. The number of nitrogens with zero attached hydrogens (tertiary/aromatic N) is 3. The molecule has 4 aromatic rings. The molecular formula is C26H21ClN4O3S. The maximum absolute atomic E-state index is 13.2. The van der Waals surface area contributed by atoms with E-state index in [1.54, 1.807) is 72.8 Å². The lowest BCUT2D eigenvalue weighted by Gasteiger charge is -2.13. The number of hydrogen-bond donors (Lipinski definition) is 2. The number of fused-ring (bicyclic) bond motifs is 1. The van der Waals surface area contributed by atoms with Crippen molar-refractivity contribution in [2.75, 3.05) is 5.75 Å². The second-order valence-electron chi connectivity index (χ2n) is 7.46. The minimum atomic E-state index is -0.391. The van der Waals surface area contributed by atoms with Crippen LogP contribution in [0.1, 0.15) is 11.1 Å². The first kappa shape index (κ1) is 24.3. The summed E-state index contributed by atoms with van der Waals surface area (Å²) < 4.78 is 1.46. The molecule has 0 radical (unpaired) electrons. The molecule has 3 aromatic carbocycles. The molecule has 7 nitrogen and oxygen atoms in total. The molecule has 4 rings (SSSR count). The summed E-state index contributed by atoms with van der Waals surface area (Å²) in [6, 6.07) is 19.1. The van der Waals surface area contributed by atoms with Crippen molar-refractivity contribution >= 4 is 46.4 Å². The maximum Gasteiger partial charge on any atom is 0.266 e. The van der Waals surface area contributed by atoms with E-state index >= 15 is 0 Å². The normalized spacial score (nSPS) is 11.1. The van der Waals surface area contributed by atoms with E-state index < -0.39 is 5.91 Å². The smallest absolute Gasteiger partial charge is 0.266 e. The van der Waals surface area contributed by atoms with Crippen LogP contribution in [0.3, 0.4) is 0 Å². The summed E-state index contributed by atoms with van der Waals surface area (Å²) in [5, 5.41) is 15.6. The van der Waals surface area contributed by atoms with Gasteiger partial charge in [0.15, 0.2) is 5.16 Å².